The van der Waals surface area contributed by atoms with E-state index in [4.69, 9.17) is 0 Å². The molecule has 0 aromatic heterocycles. The Kier molecular flexibility index (Phi) is 4.58. The predicted molar refractivity (Wildman–Crippen MR) is 85.8 cm³/mol. The number of hydrogen-bond donors (Lipinski definition) is 0. The molecule has 0 amide bonds. The largest absolute Gasteiger partial charge is 0.294 e. The van der Waals surface area contributed by atoms with Gasteiger partial charge in [-0.05, 0) is 43.2 Å². The summed E-state index contributed by atoms with van der Waals surface area (Å²) in [5.41, 5.74) is 4.15. The molecule has 0 aliphatic heterocycles. The average Bonchev–Trinajstić information content (AvgIpc) is 2.36. The highest BCUT2D eigenvalue weighted by atomic mass is 79.9. The van der Waals surface area contributed by atoms with E-state index in [0.29, 0.717) is 6.42 Å². The molecule has 0 heterocycles. The van der Waals surface area contributed by atoms with Crippen LogP contribution in [0.5, 0.6) is 0 Å². The van der Waals surface area contributed by atoms with Crippen LogP contribution in [-0.2, 0) is 6.42 Å². The van der Waals surface area contributed by atoms with E-state index < -0.39 is 0 Å². The smallest absolute Gasteiger partial charge is 0.168 e. The molecule has 19 heavy (non-hydrogen) atoms. The molecule has 0 radical (unpaired) electrons. The van der Waals surface area contributed by atoms with E-state index in [-0.39, 0.29) is 5.78 Å². The van der Waals surface area contributed by atoms with Gasteiger partial charge < -0.3 is 0 Å². The highest BCUT2D eigenvalue weighted by molar-refractivity contribution is 9.11. The van der Waals surface area contributed by atoms with Gasteiger partial charge in [-0.25, -0.2) is 0 Å². The maximum Gasteiger partial charge on any atom is 0.168 e. The van der Waals surface area contributed by atoms with Crippen molar-refractivity contribution in [2.24, 2.45) is 0 Å². The van der Waals surface area contributed by atoms with E-state index in [1.165, 1.54) is 5.56 Å². The number of rotatable bonds is 3. The maximum absolute atomic E-state index is 12.4. The van der Waals surface area contributed by atoms with Crippen molar-refractivity contribution in [2.45, 2.75) is 20.3 Å². The summed E-state index contributed by atoms with van der Waals surface area (Å²) in [4.78, 5) is 12.4. The first kappa shape index (κ1) is 14.5. The Morgan fingerprint density at radius 1 is 1.05 bits per heavy atom. The van der Waals surface area contributed by atoms with Gasteiger partial charge in [0.25, 0.3) is 0 Å². The Bertz CT molecular complexity index is 633. The van der Waals surface area contributed by atoms with Crippen LogP contribution in [0.4, 0.5) is 0 Å². The van der Waals surface area contributed by atoms with Crippen LogP contribution < -0.4 is 0 Å². The van der Waals surface area contributed by atoms with Crippen molar-refractivity contribution in [3.63, 3.8) is 0 Å². The van der Waals surface area contributed by atoms with E-state index in [1.807, 2.05) is 32.0 Å². The average molecular weight is 382 g/mol. The number of ketones is 1. The van der Waals surface area contributed by atoms with Crippen LogP contribution in [0.1, 0.15) is 27.0 Å². The third-order valence-electron chi connectivity index (χ3n) is 3.08. The van der Waals surface area contributed by atoms with Gasteiger partial charge >= 0.3 is 0 Å². The molecule has 0 saturated carbocycles. The third-order valence-corrected chi connectivity index (χ3v) is 4.27. The van der Waals surface area contributed by atoms with Crippen LogP contribution >= 0.6 is 31.9 Å². The molecule has 0 aliphatic rings. The van der Waals surface area contributed by atoms with E-state index >= 15 is 0 Å². The molecule has 0 bridgehead atoms. The van der Waals surface area contributed by atoms with Gasteiger partial charge in [-0.15, -0.1) is 0 Å². The van der Waals surface area contributed by atoms with Gasteiger partial charge in [-0.1, -0.05) is 55.6 Å². The van der Waals surface area contributed by atoms with Crippen molar-refractivity contribution in [1.29, 1.82) is 0 Å². The van der Waals surface area contributed by atoms with Crippen molar-refractivity contribution >= 4 is 37.6 Å². The van der Waals surface area contributed by atoms with Gasteiger partial charge in [0.1, 0.15) is 0 Å². The Morgan fingerprint density at radius 3 is 2.53 bits per heavy atom. The van der Waals surface area contributed by atoms with Gasteiger partial charge in [0, 0.05) is 20.9 Å². The number of carbonyl (C=O) groups excluding carboxylic acids is 1. The molecule has 2 rings (SSSR count). The molecular weight excluding hydrogens is 368 g/mol. The molecule has 0 fully saturated rings. The van der Waals surface area contributed by atoms with Gasteiger partial charge in [0.05, 0.1) is 0 Å². The molecule has 2 aromatic carbocycles. The second-order valence-corrected chi connectivity index (χ2v) is 6.42. The minimum absolute atomic E-state index is 0.127. The lowest BCUT2D eigenvalue weighted by molar-refractivity contribution is 0.0992. The topological polar surface area (TPSA) is 17.1 Å². The first-order valence-electron chi connectivity index (χ1n) is 6.02. The lowest BCUT2D eigenvalue weighted by Gasteiger charge is -2.08. The van der Waals surface area contributed by atoms with Gasteiger partial charge in [0.2, 0.25) is 0 Å². The third kappa shape index (κ3) is 3.54. The molecule has 0 unspecified atom stereocenters. The van der Waals surface area contributed by atoms with Crippen molar-refractivity contribution in [2.75, 3.05) is 0 Å². The number of benzene rings is 2. The fourth-order valence-corrected chi connectivity index (χ4v) is 2.80. The molecule has 2 aromatic rings. The molecule has 1 nitrogen and oxygen atoms in total. The highest BCUT2D eigenvalue weighted by Gasteiger charge is 2.12. The van der Waals surface area contributed by atoms with E-state index in [1.54, 1.807) is 0 Å². The highest BCUT2D eigenvalue weighted by Crippen LogP contribution is 2.23. The van der Waals surface area contributed by atoms with Crippen LogP contribution in [0.2, 0.25) is 0 Å². The molecule has 98 valence electrons. The van der Waals surface area contributed by atoms with Crippen LogP contribution in [-0.4, -0.2) is 5.78 Å². The standard InChI is InChI=1S/C16H14Br2O/c1-10-3-4-11(2)12(7-10)8-16(19)14-9-13(17)5-6-15(14)18/h3-7,9H,8H2,1-2H3. The SMILES string of the molecule is Cc1ccc(C)c(CC(=O)c2cc(Br)ccc2Br)c1. The predicted octanol–water partition coefficient (Wildman–Crippen LogP) is 5.25. The zero-order valence-electron chi connectivity index (χ0n) is 10.8. The summed E-state index contributed by atoms with van der Waals surface area (Å²) < 4.78 is 1.76. The zero-order valence-corrected chi connectivity index (χ0v) is 14.0. The monoisotopic (exact) mass is 380 g/mol. The summed E-state index contributed by atoms with van der Waals surface area (Å²) in [6.45, 7) is 4.08. The number of carbonyl (C=O) groups is 1. The molecule has 0 saturated heterocycles. The number of aryl methyl sites for hydroxylation is 2. The lowest BCUT2D eigenvalue weighted by Crippen LogP contribution is -2.06. The van der Waals surface area contributed by atoms with Crippen LogP contribution in [0.25, 0.3) is 0 Å². The first-order chi connectivity index (χ1) is 8.97. The molecule has 3 heteroatoms. The number of halogens is 2. The Labute approximate surface area is 130 Å². The summed E-state index contributed by atoms with van der Waals surface area (Å²) in [7, 11) is 0. The molecule has 0 spiro atoms. The minimum Gasteiger partial charge on any atom is -0.294 e. The maximum atomic E-state index is 12.4. The normalized spacial score (nSPS) is 10.5. The van der Waals surface area contributed by atoms with Crippen LogP contribution in [0.15, 0.2) is 45.3 Å². The second-order valence-electron chi connectivity index (χ2n) is 4.65. The number of Topliss-reactive ketones (excluding diaryl/α,β-unsaturated/α-hetero) is 1. The van der Waals surface area contributed by atoms with Crippen molar-refractivity contribution in [3.8, 4) is 0 Å². The quantitative estimate of drug-likeness (QED) is 0.663. The van der Waals surface area contributed by atoms with E-state index in [2.05, 4.69) is 50.1 Å². The molecule has 0 aliphatic carbocycles. The molecule has 0 N–H and O–H groups in total. The Morgan fingerprint density at radius 2 is 1.79 bits per heavy atom. The first-order valence-corrected chi connectivity index (χ1v) is 7.60. The van der Waals surface area contributed by atoms with Crippen molar-refractivity contribution in [3.05, 3.63) is 67.6 Å². The van der Waals surface area contributed by atoms with E-state index in [9.17, 15) is 4.79 Å². The lowest BCUT2D eigenvalue weighted by atomic mass is 9.98. The fraction of sp³-hybridized carbons (Fsp3) is 0.188. The van der Waals surface area contributed by atoms with Crippen LogP contribution in [0, 0.1) is 13.8 Å². The minimum atomic E-state index is 0.127. The van der Waals surface area contributed by atoms with Crippen molar-refractivity contribution in [1.82, 2.24) is 0 Å². The summed E-state index contributed by atoms with van der Waals surface area (Å²) in [5.74, 6) is 0.127. The van der Waals surface area contributed by atoms with Crippen molar-refractivity contribution < 1.29 is 4.79 Å². The fourth-order valence-electron chi connectivity index (χ4n) is 1.97. The summed E-state index contributed by atoms with van der Waals surface area (Å²) in [6, 6.07) is 11.9. The second kappa shape index (κ2) is 6.02. The Hall–Kier alpha value is -0.930. The van der Waals surface area contributed by atoms with E-state index in [0.717, 1.165) is 25.6 Å². The molecule has 0 atom stereocenters. The zero-order chi connectivity index (χ0) is 14.0. The summed E-state index contributed by atoms with van der Waals surface area (Å²) in [5, 5.41) is 0. The van der Waals surface area contributed by atoms with Gasteiger partial charge in [-0.2, -0.15) is 0 Å². The Balaban J connectivity index is 2.30. The van der Waals surface area contributed by atoms with Gasteiger partial charge in [0.15, 0.2) is 5.78 Å². The van der Waals surface area contributed by atoms with Gasteiger partial charge in [-0.3, -0.25) is 4.79 Å². The van der Waals surface area contributed by atoms with Crippen LogP contribution in [0.3, 0.4) is 0 Å². The number of hydrogen-bond acceptors (Lipinski definition) is 1. The summed E-state index contributed by atoms with van der Waals surface area (Å²) in [6.07, 6.45) is 0.433. The molecular formula is C16H14Br2O. The summed E-state index contributed by atoms with van der Waals surface area (Å²) >= 11 is 6.84.